The summed E-state index contributed by atoms with van der Waals surface area (Å²) in [6, 6.07) is 26.7. The first-order valence-corrected chi connectivity index (χ1v) is 35.7. The third-order valence-electron chi connectivity index (χ3n) is 13.8. The molecule has 0 amide bonds. The Bertz CT molecular complexity index is 6010. The molecule has 0 unspecified atom stereocenters. The molecule has 0 aliphatic heterocycles. The van der Waals surface area contributed by atoms with Crippen molar-refractivity contribution in [2.75, 3.05) is 12.4 Å². The van der Waals surface area contributed by atoms with Crippen LogP contribution < -0.4 is 4.74 Å². The Hall–Kier alpha value is -9.33. The van der Waals surface area contributed by atoms with Gasteiger partial charge in [0.2, 0.25) is 0 Å². The Morgan fingerprint density at radius 2 is 0.880 bits per heavy atom. The highest BCUT2D eigenvalue weighted by Gasteiger charge is 2.26. The van der Waals surface area contributed by atoms with Crippen LogP contribution in [-0.2, 0) is 70.8 Å². The van der Waals surface area contributed by atoms with Crippen LogP contribution in [0, 0.1) is 0 Å². The molecule has 1 aromatic heterocycles. The van der Waals surface area contributed by atoms with E-state index in [4.69, 9.17) is 9.29 Å². The molecule has 0 aliphatic rings. The molecule has 0 bridgehead atoms. The third kappa shape index (κ3) is 13.2. The van der Waals surface area contributed by atoms with E-state index >= 15 is 0 Å². The first kappa shape index (κ1) is 64.2. The van der Waals surface area contributed by atoms with Crippen LogP contribution in [0.2, 0.25) is 0 Å². The smallest absolute Gasteiger partial charge is 0.296 e. The van der Waals surface area contributed by atoms with Crippen LogP contribution in [-0.4, -0.2) is 123 Å². The first-order valence-electron chi connectivity index (χ1n) is 25.4. The van der Waals surface area contributed by atoms with Crippen LogP contribution in [0.15, 0.2) is 200 Å². The van der Waals surface area contributed by atoms with Crippen molar-refractivity contribution in [1.82, 2.24) is 15.0 Å². The van der Waals surface area contributed by atoms with E-state index in [1.54, 1.807) is 0 Å². The zero-order valence-electron chi connectivity index (χ0n) is 45.5. The van der Waals surface area contributed by atoms with Gasteiger partial charge in [0, 0.05) is 49.2 Å². The highest BCUT2D eigenvalue weighted by Crippen LogP contribution is 2.45. The van der Waals surface area contributed by atoms with E-state index in [1.165, 1.54) is 84.9 Å². The Labute approximate surface area is 517 Å². The highest BCUT2D eigenvalue weighted by atomic mass is 32.2. The molecule has 0 atom stereocenters. The number of phenolic OH excluding ortho intramolecular Hbond substituents is 1. The molecule has 0 saturated carbocycles. The molecular weight excluding hydrogens is 1360 g/mol. The molecule has 0 fully saturated rings. The number of phenols is 1. The minimum absolute atomic E-state index is 0.00973. The van der Waals surface area contributed by atoms with Crippen LogP contribution >= 0.6 is 0 Å². The lowest BCUT2D eigenvalue weighted by molar-refractivity contribution is 0.319. The van der Waals surface area contributed by atoms with Gasteiger partial charge < -0.3 is 9.84 Å². The summed E-state index contributed by atoms with van der Waals surface area (Å²) in [6.07, 6.45) is -0.174. The molecule has 0 aliphatic carbocycles. The molecule has 474 valence electrons. The van der Waals surface area contributed by atoms with E-state index < -0.39 is 117 Å². The Morgan fingerprint density at radius 3 is 1.43 bits per heavy atom. The standard InChI is InChI=1S/C53H37N9O23S7/c63-53-36-7-3-30(62-60-47-11-10-39-42(51(47)61-62)24-34(90(76,77)78)26-49(39)91(79,80)81)19-28(36)21-50(92(82,83)84)52(53)59-58-46-15-13-44(38-9-5-32(23-41(38)46)88(70,71)72)56-57-45-14-12-43(37-8-4-31(22-40(37)45)87(67,68)69)55-54-29-2-6-35-27(18-29)20-33(89(73,74)75)25-48(35)85-16-1-17-86(64,65)66/h2-15,18-26,63H,1,16-17H2,(H,64,65,66)(H,67,68,69)(H,70,71,72)(H,73,74,75)(H,76,77,78)(H,79,80,81)(H,82,83,84). The molecule has 0 spiro atoms. The third-order valence-corrected chi connectivity index (χ3v) is 19.7. The van der Waals surface area contributed by atoms with Gasteiger partial charge in [0.25, 0.3) is 70.8 Å². The van der Waals surface area contributed by atoms with Gasteiger partial charge in [-0.15, -0.1) is 35.8 Å². The largest absolute Gasteiger partial charge is 0.505 e. The maximum atomic E-state index is 13.0. The summed E-state index contributed by atoms with van der Waals surface area (Å²) in [5.41, 5.74) is -1.09. The fraction of sp³-hybridized carbons (Fsp3) is 0.0566. The second-order valence-electron chi connectivity index (χ2n) is 19.8. The van der Waals surface area contributed by atoms with Gasteiger partial charge in [0.1, 0.15) is 32.3 Å². The van der Waals surface area contributed by atoms with Gasteiger partial charge in [-0.2, -0.15) is 68.8 Å². The minimum atomic E-state index is -5.32. The van der Waals surface area contributed by atoms with Gasteiger partial charge in [-0.3, -0.25) is 31.9 Å². The maximum Gasteiger partial charge on any atom is 0.296 e. The van der Waals surface area contributed by atoms with Crippen LogP contribution in [0.5, 0.6) is 11.5 Å². The molecular formula is C53H37N9O23S7. The number of aromatic hydroxyl groups is 1. The summed E-state index contributed by atoms with van der Waals surface area (Å²) in [6.45, 7) is -0.276. The monoisotopic (exact) mass is 1390 g/mol. The van der Waals surface area contributed by atoms with Crippen LogP contribution in [0.3, 0.4) is 0 Å². The van der Waals surface area contributed by atoms with Crippen molar-refractivity contribution in [2.24, 2.45) is 30.7 Å². The van der Waals surface area contributed by atoms with Crippen LogP contribution in [0.25, 0.3) is 70.6 Å². The maximum absolute atomic E-state index is 13.0. The number of nitrogens with zero attached hydrogens (tertiary/aromatic N) is 9. The van der Waals surface area contributed by atoms with Crippen molar-refractivity contribution < 1.29 is 101 Å². The predicted octanol–water partition coefficient (Wildman–Crippen LogP) is 10.3. The Kier molecular flexibility index (Phi) is 16.1. The number of hydrogen-bond acceptors (Lipinski definition) is 24. The molecule has 1 heterocycles. The molecule has 11 rings (SSSR count). The average molecular weight is 1390 g/mol. The SMILES string of the molecule is O=S(=O)(O)CCCOc1cc(S(=O)(=O)O)cc2cc(N=Nc3ccc(N=Nc4ccc(N=Nc5c(S(=O)(=O)O)cc6cc(-n7nc8ccc9c(S(=O)(=O)O)cc(S(=O)(=O)O)cc9c8n7)ccc6c5O)c5cc(S(=O)(=O)O)ccc45)c4cc(S(=O)(=O)O)ccc34)ccc12. The molecule has 32 nitrogen and oxygen atoms in total. The second-order valence-corrected chi connectivity index (χ2v) is 29.8. The number of azo groups is 3. The number of hydrogen-bond donors (Lipinski definition) is 8. The number of benzene rings is 10. The first-order chi connectivity index (χ1) is 42.9. The second kappa shape index (κ2) is 23.1. The van der Waals surface area contributed by atoms with Crippen LogP contribution in [0.4, 0.5) is 34.1 Å². The Balaban J connectivity index is 0.947. The molecule has 39 heteroatoms. The fourth-order valence-corrected chi connectivity index (χ4v) is 13.6. The summed E-state index contributed by atoms with van der Waals surface area (Å²) in [7, 11) is -34.4. The summed E-state index contributed by atoms with van der Waals surface area (Å²) >= 11 is 0. The minimum Gasteiger partial charge on any atom is -0.505 e. The highest BCUT2D eigenvalue weighted by molar-refractivity contribution is 7.87. The van der Waals surface area contributed by atoms with Crippen molar-refractivity contribution >= 4 is 170 Å². The zero-order chi connectivity index (χ0) is 66.4. The van der Waals surface area contributed by atoms with Gasteiger partial charge in [-0.25, -0.2) is 0 Å². The summed E-state index contributed by atoms with van der Waals surface area (Å²) in [4.78, 5) is -3.69. The van der Waals surface area contributed by atoms with Gasteiger partial charge in [0.15, 0.2) is 5.75 Å². The lowest BCUT2D eigenvalue weighted by Crippen LogP contribution is -2.09. The molecule has 8 N–H and O–H groups in total. The topological polar surface area (TPSA) is 515 Å². The van der Waals surface area contributed by atoms with E-state index in [9.17, 15) is 91.3 Å². The lowest BCUT2D eigenvalue weighted by Gasteiger charge is -2.11. The van der Waals surface area contributed by atoms with E-state index in [0.717, 1.165) is 53.3 Å². The normalized spacial score (nSPS) is 13.4. The van der Waals surface area contributed by atoms with Gasteiger partial charge >= 0.3 is 0 Å². The summed E-state index contributed by atoms with van der Waals surface area (Å²) < 4.78 is 246. The zero-order valence-corrected chi connectivity index (χ0v) is 51.2. The van der Waals surface area contributed by atoms with Crippen LogP contribution in [0.1, 0.15) is 6.42 Å². The number of ether oxygens (including phenoxy) is 1. The molecule has 0 radical (unpaired) electrons. The molecule has 92 heavy (non-hydrogen) atoms. The van der Waals surface area contributed by atoms with Gasteiger partial charge in [0.05, 0.1) is 66.1 Å². The van der Waals surface area contributed by atoms with E-state index in [2.05, 4.69) is 40.9 Å². The van der Waals surface area contributed by atoms with E-state index in [0.29, 0.717) is 11.5 Å². The molecule has 0 saturated heterocycles. The van der Waals surface area contributed by atoms with Crippen molar-refractivity contribution in [3.8, 4) is 17.2 Å². The number of fused-ring (bicyclic) bond motifs is 7. The quantitative estimate of drug-likeness (QED) is 0.0225. The molecule has 11 aromatic rings. The average Bonchev–Trinajstić information content (AvgIpc) is 1.04. The predicted molar refractivity (Wildman–Crippen MR) is 325 cm³/mol. The van der Waals surface area contributed by atoms with Crippen molar-refractivity contribution in [1.29, 1.82) is 0 Å². The van der Waals surface area contributed by atoms with Gasteiger partial charge in [-0.1, -0.05) is 18.2 Å². The lowest BCUT2D eigenvalue weighted by atomic mass is 10.1. The van der Waals surface area contributed by atoms with Gasteiger partial charge in [-0.05, 0) is 132 Å². The van der Waals surface area contributed by atoms with Crippen molar-refractivity contribution in [2.45, 2.75) is 35.8 Å². The molecule has 10 aromatic carbocycles. The van der Waals surface area contributed by atoms with E-state index in [1.807, 2.05) is 0 Å². The summed E-state index contributed by atoms with van der Waals surface area (Å²) in [5.74, 6) is -1.60. The number of aromatic nitrogens is 3. The fourth-order valence-electron chi connectivity index (χ4n) is 9.62. The van der Waals surface area contributed by atoms with Crippen molar-refractivity contribution in [3.05, 3.63) is 140 Å². The Morgan fingerprint density at radius 1 is 0.391 bits per heavy atom. The number of rotatable bonds is 18. The summed E-state index contributed by atoms with van der Waals surface area (Å²) in [5, 5.41) is 45.6. The van der Waals surface area contributed by atoms with Crippen molar-refractivity contribution in [3.63, 3.8) is 0 Å². The van der Waals surface area contributed by atoms with E-state index in [-0.39, 0.29) is 112 Å².